The number of hydrogen-bond acceptors (Lipinski definition) is 3. The molecule has 0 aliphatic heterocycles. The number of nitrogens with zero attached hydrogens (tertiary/aromatic N) is 4. The standard InChI is InChI=1S/C21H16Br2N4O/c1-2-20-25-19-10-7-15(23)12-18(19)21(28)27(20)24-13-17-4-3-11-26(17)16-8-5-14(22)6-9-16/h3-13H,2H2,1H3. The fourth-order valence-corrected chi connectivity index (χ4v) is 3.62. The normalized spacial score (nSPS) is 11.5. The van der Waals surface area contributed by atoms with E-state index in [1.807, 2.05) is 66.2 Å². The molecular weight excluding hydrogens is 484 g/mol. The Hall–Kier alpha value is -2.51. The van der Waals surface area contributed by atoms with Gasteiger partial charge in [-0.15, -0.1) is 0 Å². The third-order valence-corrected chi connectivity index (χ3v) is 5.40. The van der Waals surface area contributed by atoms with E-state index < -0.39 is 0 Å². The minimum Gasteiger partial charge on any atom is -0.316 e. The molecule has 2 aromatic heterocycles. The summed E-state index contributed by atoms with van der Waals surface area (Å²) in [5.74, 6) is 0.623. The fraction of sp³-hybridized carbons (Fsp3) is 0.0952. The van der Waals surface area contributed by atoms with Gasteiger partial charge in [-0.2, -0.15) is 9.78 Å². The summed E-state index contributed by atoms with van der Waals surface area (Å²) < 4.78 is 5.25. The zero-order chi connectivity index (χ0) is 19.7. The highest BCUT2D eigenvalue weighted by molar-refractivity contribution is 9.10. The highest BCUT2D eigenvalue weighted by atomic mass is 79.9. The third kappa shape index (κ3) is 3.59. The molecule has 2 heterocycles. The summed E-state index contributed by atoms with van der Waals surface area (Å²) in [6.45, 7) is 1.96. The Balaban J connectivity index is 1.80. The lowest BCUT2D eigenvalue weighted by Gasteiger charge is -2.09. The first-order valence-corrected chi connectivity index (χ1v) is 10.3. The van der Waals surface area contributed by atoms with Crippen LogP contribution in [0.2, 0.25) is 0 Å². The monoisotopic (exact) mass is 498 g/mol. The molecule has 0 saturated heterocycles. The van der Waals surface area contributed by atoms with Gasteiger partial charge >= 0.3 is 0 Å². The van der Waals surface area contributed by atoms with Crippen LogP contribution in [0.25, 0.3) is 16.6 Å². The second kappa shape index (κ2) is 7.85. The van der Waals surface area contributed by atoms with Crippen molar-refractivity contribution in [1.29, 1.82) is 0 Å². The number of halogens is 2. The minimum atomic E-state index is -0.179. The van der Waals surface area contributed by atoms with Gasteiger partial charge in [-0.3, -0.25) is 4.79 Å². The summed E-state index contributed by atoms with van der Waals surface area (Å²) in [7, 11) is 0. The van der Waals surface area contributed by atoms with Gasteiger partial charge in [0.2, 0.25) is 0 Å². The smallest absolute Gasteiger partial charge is 0.282 e. The Bertz CT molecular complexity index is 1240. The van der Waals surface area contributed by atoms with Crippen LogP contribution in [-0.4, -0.2) is 20.4 Å². The summed E-state index contributed by atoms with van der Waals surface area (Å²) in [6.07, 6.45) is 4.25. The van der Waals surface area contributed by atoms with Crippen LogP contribution in [0, 0.1) is 0 Å². The van der Waals surface area contributed by atoms with Gasteiger partial charge in [-0.25, -0.2) is 4.98 Å². The fourth-order valence-electron chi connectivity index (χ4n) is 3.00. The van der Waals surface area contributed by atoms with Crippen LogP contribution in [0.15, 0.2) is 79.6 Å². The Morgan fingerprint density at radius 1 is 1.07 bits per heavy atom. The Morgan fingerprint density at radius 3 is 2.57 bits per heavy atom. The molecular formula is C21H16Br2N4O. The van der Waals surface area contributed by atoms with Crippen molar-refractivity contribution in [3.8, 4) is 5.69 Å². The van der Waals surface area contributed by atoms with Crippen molar-refractivity contribution in [2.75, 3.05) is 0 Å². The van der Waals surface area contributed by atoms with E-state index in [0.29, 0.717) is 23.1 Å². The summed E-state index contributed by atoms with van der Waals surface area (Å²) in [4.78, 5) is 17.6. The molecule has 7 heteroatoms. The lowest BCUT2D eigenvalue weighted by molar-refractivity contribution is 0.734. The topological polar surface area (TPSA) is 52.2 Å². The Kier molecular flexibility index (Phi) is 5.28. The number of rotatable bonds is 4. The van der Waals surface area contributed by atoms with Gasteiger partial charge in [-0.1, -0.05) is 38.8 Å². The zero-order valence-corrected chi connectivity index (χ0v) is 18.2. The molecule has 0 aliphatic carbocycles. The van der Waals surface area contributed by atoms with Gasteiger partial charge in [0.15, 0.2) is 0 Å². The lowest BCUT2D eigenvalue weighted by Crippen LogP contribution is -2.22. The van der Waals surface area contributed by atoms with Crippen LogP contribution >= 0.6 is 31.9 Å². The van der Waals surface area contributed by atoms with Gasteiger partial charge < -0.3 is 4.57 Å². The molecule has 28 heavy (non-hydrogen) atoms. The third-order valence-electron chi connectivity index (χ3n) is 4.38. The summed E-state index contributed by atoms with van der Waals surface area (Å²) in [5.41, 5.74) is 2.37. The Labute approximate surface area is 178 Å². The lowest BCUT2D eigenvalue weighted by atomic mass is 10.2. The maximum atomic E-state index is 13.0. The van der Waals surface area contributed by atoms with Crippen molar-refractivity contribution in [2.45, 2.75) is 13.3 Å². The van der Waals surface area contributed by atoms with Crippen LogP contribution < -0.4 is 5.56 Å². The summed E-state index contributed by atoms with van der Waals surface area (Å²) in [6, 6.07) is 17.4. The van der Waals surface area contributed by atoms with Crippen molar-refractivity contribution in [3.63, 3.8) is 0 Å². The number of aromatic nitrogens is 3. The van der Waals surface area contributed by atoms with E-state index in [4.69, 9.17) is 0 Å². The summed E-state index contributed by atoms with van der Waals surface area (Å²) >= 11 is 6.87. The summed E-state index contributed by atoms with van der Waals surface area (Å²) in [5, 5.41) is 5.01. The number of hydrogen-bond donors (Lipinski definition) is 0. The SMILES string of the molecule is CCc1nc2ccc(Br)cc2c(=O)n1N=Cc1cccn1-c1ccc(Br)cc1. The van der Waals surface area contributed by atoms with Crippen molar-refractivity contribution >= 4 is 49.0 Å². The predicted molar refractivity (Wildman–Crippen MR) is 120 cm³/mol. The molecule has 0 fully saturated rings. The second-order valence-electron chi connectivity index (χ2n) is 6.18. The number of fused-ring (bicyclic) bond motifs is 1. The molecule has 0 radical (unpaired) electrons. The molecule has 0 amide bonds. The molecule has 0 N–H and O–H groups in total. The second-order valence-corrected chi connectivity index (χ2v) is 8.02. The maximum Gasteiger partial charge on any atom is 0.282 e. The van der Waals surface area contributed by atoms with E-state index in [9.17, 15) is 4.79 Å². The average Bonchev–Trinajstić information content (AvgIpc) is 3.16. The van der Waals surface area contributed by atoms with Crippen molar-refractivity contribution in [1.82, 2.24) is 14.2 Å². The largest absolute Gasteiger partial charge is 0.316 e. The highest BCUT2D eigenvalue weighted by Crippen LogP contribution is 2.17. The van der Waals surface area contributed by atoms with Gasteiger partial charge in [0.25, 0.3) is 5.56 Å². The van der Waals surface area contributed by atoms with Crippen LogP contribution in [0.1, 0.15) is 18.4 Å². The van der Waals surface area contributed by atoms with Gasteiger partial charge in [0, 0.05) is 27.3 Å². The van der Waals surface area contributed by atoms with Crippen molar-refractivity contribution < 1.29 is 0 Å². The molecule has 0 atom stereocenters. The molecule has 4 aromatic rings. The molecule has 140 valence electrons. The zero-order valence-electron chi connectivity index (χ0n) is 15.0. The van der Waals surface area contributed by atoms with Crippen molar-refractivity contribution in [3.05, 3.63) is 91.6 Å². The van der Waals surface area contributed by atoms with Crippen LogP contribution in [0.5, 0.6) is 0 Å². The number of aryl methyl sites for hydroxylation is 1. The minimum absolute atomic E-state index is 0.179. The van der Waals surface area contributed by atoms with Crippen LogP contribution in [0.4, 0.5) is 0 Å². The Morgan fingerprint density at radius 2 is 1.82 bits per heavy atom. The van der Waals surface area contributed by atoms with E-state index in [1.165, 1.54) is 4.68 Å². The first-order valence-electron chi connectivity index (χ1n) is 8.75. The molecule has 0 spiro atoms. The van der Waals surface area contributed by atoms with E-state index in [0.717, 1.165) is 20.3 Å². The molecule has 2 aromatic carbocycles. The van der Waals surface area contributed by atoms with Crippen LogP contribution in [-0.2, 0) is 6.42 Å². The number of benzene rings is 2. The van der Waals surface area contributed by atoms with Crippen molar-refractivity contribution in [2.24, 2.45) is 5.10 Å². The maximum absolute atomic E-state index is 13.0. The van der Waals surface area contributed by atoms with Gasteiger partial charge in [0.05, 0.1) is 22.8 Å². The van der Waals surface area contributed by atoms with E-state index >= 15 is 0 Å². The first kappa shape index (κ1) is 18.8. The predicted octanol–water partition coefficient (Wildman–Crippen LogP) is 5.16. The first-order chi connectivity index (χ1) is 13.6. The quantitative estimate of drug-likeness (QED) is 0.364. The van der Waals surface area contributed by atoms with Gasteiger partial charge in [-0.05, 0) is 54.6 Å². The molecule has 5 nitrogen and oxygen atoms in total. The van der Waals surface area contributed by atoms with E-state index in [-0.39, 0.29) is 5.56 Å². The highest BCUT2D eigenvalue weighted by Gasteiger charge is 2.10. The molecule has 4 rings (SSSR count). The molecule has 0 bridgehead atoms. The molecule has 0 unspecified atom stereocenters. The van der Waals surface area contributed by atoms with E-state index in [1.54, 1.807) is 12.3 Å². The van der Waals surface area contributed by atoms with E-state index in [2.05, 4.69) is 41.9 Å². The molecule has 0 aliphatic rings. The van der Waals surface area contributed by atoms with Crippen LogP contribution in [0.3, 0.4) is 0 Å². The van der Waals surface area contributed by atoms with Gasteiger partial charge in [0.1, 0.15) is 5.82 Å². The molecule has 0 saturated carbocycles. The average molecular weight is 500 g/mol.